The summed E-state index contributed by atoms with van der Waals surface area (Å²) in [6.45, 7) is 10.4. The van der Waals surface area contributed by atoms with Crippen molar-refractivity contribution in [1.82, 2.24) is 35.3 Å². The average Bonchev–Trinajstić information content (AvgIpc) is 1.50. The van der Waals surface area contributed by atoms with Crippen molar-refractivity contribution in [3.8, 4) is 11.4 Å². The van der Waals surface area contributed by atoms with Gasteiger partial charge in [-0.3, -0.25) is 52.8 Å². The van der Waals surface area contributed by atoms with Gasteiger partial charge in [-0.05, 0) is 99.5 Å². The molecule has 110 heavy (non-hydrogen) atoms. The fourth-order valence-electron chi connectivity index (χ4n) is 14.1. The van der Waals surface area contributed by atoms with E-state index in [1.165, 1.54) is 27.7 Å². The van der Waals surface area contributed by atoms with Crippen LogP contribution in [0.1, 0.15) is 123 Å². The Kier molecular flexibility index (Phi) is 33.7. The maximum absolute atomic E-state index is 15.6. The first-order valence-corrected chi connectivity index (χ1v) is 38.0. The molecule has 30 nitrogen and oxygen atoms in total. The molecule has 4 N–H and O–H groups in total. The maximum atomic E-state index is 15.6. The number of ketones is 3. The first kappa shape index (κ1) is 85.5. The molecule has 0 unspecified atom stereocenters. The highest BCUT2D eigenvalue weighted by atomic mass is 19.1. The molecule has 0 radical (unpaired) electrons. The molecule has 4 aromatic rings. The standard InChI is InChI=1S/C79H104FN7O23/c1-5-79(99)63-43-67-73-61(48-86(67)77(97)62(63)50-110-78(79)98)72-66(17-16-60-51(2)64(80)44-65(84-73)71(60)72)85(4)76(96)52(3)109-23-21-57(88)45-83-75(95)56(41-53-9-7-6-8-10-53)42-59(90)46-82-68(91)18-15-58(89)49-108-40-39-107-38-37-106-36-35-105-34-33-104-32-31-103-30-29-102-28-27-101-26-25-100-24-22-81-74(94)55-13-11-54(12-14-55)47-87-69(92)19-20-70(87)93/h6-10,19-20,43-44,52,54-56,66,99H,5,11-18,21-42,45-50H2,1-4H3,(H,81,94)(H,82,91)(H,83,95)/t52-,54?,55?,56-,66-,79-/m0/s1. The molecule has 6 amide bonds. The van der Waals surface area contributed by atoms with Crippen LogP contribution in [-0.2, 0) is 132 Å². The summed E-state index contributed by atoms with van der Waals surface area (Å²) >= 11 is 0. The van der Waals surface area contributed by atoms with E-state index in [-0.39, 0.29) is 138 Å². The topological polar surface area (TPSA) is 370 Å². The number of aromatic nitrogens is 2. The molecule has 3 aliphatic heterocycles. The lowest BCUT2D eigenvalue weighted by atomic mass is 9.81. The highest BCUT2D eigenvalue weighted by Gasteiger charge is 2.46. The van der Waals surface area contributed by atoms with Gasteiger partial charge in [0.2, 0.25) is 17.7 Å². The Hall–Kier alpha value is -8.47. The number of fused-ring (bicyclic) bond motifs is 5. The number of carbonyl (C=O) groups excluding carboxylic acids is 10. The highest BCUT2D eigenvalue weighted by Crippen LogP contribution is 2.47. The van der Waals surface area contributed by atoms with Crippen LogP contribution in [-0.4, -0.2) is 248 Å². The third kappa shape index (κ3) is 24.0. The van der Waals surface area contributed by atoms with Gasteiger partial charge in [-0.1, -0.05) is 37.3 Å². The molecule has 31 heteroatoms. The molecule has 0 bridgehead atoms. The van der Waals surface area contributed by atoms with Crippen LogP contribution >= 0.6 is 0 Å². The lowest BCUT2D eigenvalue weighted by Crippen LogP contribution is -2.44. The third-order valence-corrected chi connectivity index (χ3v) is 20.3. The van der Waals surface area contributed by atoms with E-state index in [1.807, 2.05) is 6.07 Å². The molecule has 9 rings (SSSR count). The molecule has 0 spiro atoms. The molecule has 0 saturated heterocycles. The van der Waals surface area contributed by atoms with Gasteiger partial charge in [0, 0.05) is 92.4 Å². The lowest BCUT2D eigenvalue weighted by molar-refractivity contribution is -0.172. The summed E-state index contributed by atoms with van der Waals surface area (Å²) in [5.41, 5.74) is 2.10. The minimum Gasteiger partial charge on any atom is -0.458 e. The Morgan fingerprint density at radius 2 is 1.26 bits per heavy atom. The molecule has 1 saturated carbocycles. The maximum Gasteiger partial charge on any atom is 0.343 e. The number of esters is 1. The normalized spacial score (nSPS) is 18.2. The lowest BCUT2D eigenvalue weighted by Gasteiger charge is -2.36. The number of amides is 6. The zero-order valence-corrected chi connectivity index (χ0v) is 63.3. The van der Waals surface area contributed by atoms with Crippen LogP contribution in [0.5, 0.6) is 0 Å². The van der Waals surface area contributed by atoms with E-state index in [0.717, 1.165) is 36.8 Å². The number of aryl methyl sites for hydroxylation is 1. The van der Waals surface area contributed by atoms with E-state index in [0.29, 0.717) is 164 Å². The second-order valence-corrected chi connectivity index (χ2v) is 27.9. The summed E-state index contributed by atoms with van der Waals surface area (Å²) in [5, 5.41) is 20.3. The number of benzene rings is 2. The van der Waals surface area contributed by atoms with Gasteiger partial charge in [0.1, 0.15) is 25.1 Å². The Morgan fingerprint density at radius 3 is 1.86 bits per heavy atom. The van der Waals surface area contributed by atoms with Crippen molar-refractivity contribution in [2.45, 2.75) is 129 Å². The van der Waals surface area contributed by atoms with Crippen LogP contribution in [0, 0.1) is 30.5 Å². The number of nitrogens with one attached hydrogen (secondary N) is 3. The number of Topliss-reactive ketones (excluding diaryl/α,β-unsaturated/α-hetero) is 3. The van der Waals surface area contributed by atoms with E-state index in [9.17, 15) is 57.8 Å². The SMILES string of the molecule is CC[C@@]1(O)C(=O)OCc2c1cc1n(c2=O)Cc2c-1nc1cc(F)c(C)c3c1c2[C@@H](N(C)C(=O)[C@H](C)OCCC(=O)CNC(=O)[C@H](CC(=O)CNC(=O)CCC(=O)COCCOCCOCCOCCOCCOCCOCCOCCOCCNC(=O)C1CCC(CN2C(=O)C=CC2=O)CC1)Cc1ccccc1)CC3. The van der Waals surface area contributed by atoms with Crippen LogP contribution < -0.4 is 21.5 Å². The summed E-state index contributed by atoms with van der Waals surface area (Å²) in [7, 11) is 1.64. The van der Waals surface area contributed by atoms with Crippen molar-refractivity contribution in [2.75, 3.05) is 159 Å². The number of carbonyl (C=O) groups is 10. The molecular formula is C79H104FN7O23. The van der Waals surface area contributed by atoms with Crippen molar-refractivity contribution in [3.05, 3.63) is 110 Å². The zero-order valence-electron chi connectivity index (χ0n) is 63.3. The van der Waals surface area contributed by atoms with Crippen LogP contribution in [0.25, 0.3) is 22.3 Å². The minimum absolute atomic E-state index is 0.00777. The van der Waals surface area contributed by atoms with Crippen LogP contribution in [0.4, 0.5) is 4.39 Å². The largest absolute Gasteiger partial charge is 0.458 e. The number of ether oxygens (including phenoxy) is 11. The number of imide groups is 1. The molecule has 1 fully saturated rings. The second-order valence-electron chi connectivity index (χ2n) is 27.9. The van der Waals surface area contributed by atoms with E-state index < -0.39 is 70.3 Å². The number of pyridine rings is 2. The second kappa shape index (κ2) is 43.4. The Morgan fingerprint density at radius 1 is 0.682 bits per heavy atom. The molecule has 5 heterocycles. The average molecular weight is 1540 g/mol. The van der Waals surface area contributed by atoms with Gasteiger partial charge in [0.15, 0.2) is 23.0 Å². The van der Waals surface area contributed by atoms with Gasteiger partial charge in [-0.15, -0.1) is 0 Å². The van der Waals surface area contributed by atoms with E-state index in [4.69, 9.17) is 57.1 Å². The first-order valence-electron chi connectivity index (χ1n) is 38.0. The number of cyclic esters (lactones) is 1. The number of hydrogen-bond acceptors (Lipinski definition) is 24. The fourth-order valence-corrected chi connectivity index (χ4v) is 14.1. The van der Waals surface area contributed by atoms with Gasteiger partial charge in [-0.2, -0.15) is 0 Å². The summed E-state index contributed by atoms with van der Waals surface area (Å²) in [4.78, 5) is 151. The zero-order chi connectivity index (χ0) is 78.5. The molecular weight excluding hydrogens is 1430 g/mol. The molecule has 2 aromatic carbocycles. The number of aliphatic hydroxyl groups is 1. The van der Waals surface area contributed by atoms with Crippen molar-refractivity contribution >= 4 is 69.7 Å². The number of hydrogen-bond donors (Lipinski definition) is 4. The molecule has 4 atom stereocenters. The summed E-state index contributed by atoms with van der Waals surface area (Å²) in [6, 6.07) is 11.4. The molecule has 2 aliphatic carbocycles. The predicted molar refractivity (Wildman–Crippen MR) is 393 cm³/mol. The number of likely N-dealkylation sites (N-methyl/N-ethyl adjacent to an activating group) is 1. The monoisotopic (exact) mass is 1540 g/mol. The number of halogens is 1. The number of rotatable bonds is 51. The minimum atomic E-state index is -2.06. The Balaban J connectivity index is 0.550. The van der Waals surface area contributed by atoms with Gasteiger partial charge in [0.25, 0.3) is 23.3 Å². The summed E-state index contributed by atoms with van der Waals surface area (Å²) in [5.74, 6) is -5.25. The first-order chi connectivity index (χ1) is 53.2. The predicted octanol–water partition coefficient (Wildman–Crippen LogP) is 3.73. The molecule has 5 aliphatic rings. The fraction of sp³-hybridized carbons (Fsp3) is 0.595. The van der Waals surface area contributed by atoms with Gasteiger partial charge in [0.05, 0.1) is 167 Å². The summed E-state index contributed by atoms with van der Waals surface area (Å²) < 4.78 is 77.9. The van der Waals surface area contributed by atoms with Crippen LogP contribution in [0.15, 0.2) is 59.4 Å². The van der Waals surface area contributed by atoms with Gasteiger partial charge >= 0.3 is 5.97 Å². The molecule has 2 aromatic heterocycles. The third-order valence-electron chi connectivity index (χ3n) is 20.3. The van der Waals surface area contributed by atoms with E-state index >= 15 is 4.39 Å². The van der Waals surface area contributed by atoms with E-state index in [2.05, 4.69) is 16.0 Å². The van der Waals surface area contributed by atoms with Gasteiger partial charge in [-0.25, -0.2) is 14.2 Å². The van der Waals surface area contributed by atoms with Crippen LogP contribution in [0.2, 0.25) is 0 Å². The Labute approximate surface area is 638 Å². The van der Waals surface area contributed by atoms with Crippen molar-refractivity contribution in [1.29, 1.82) is 0 Å². The van der Waals surface area contributed by atoms with E-state index in [1.54, 1.807) is 63.1 Å². The highest BCUT2D eigenvalue weighted by molar-refractivity contribution is 6.13. The van der Waals surface area contributed by atoms with Crippen molar-refractivity contribution < 1.29 is 110 Å². The summed E-state index contributed by atoms with van der Waals surface area (Å²) in [6.07, 6.45) is 4.82. The molecule has 600 valence electrons. The van der Waals surface area contributed by atoms with Crippen molar-refractivity contribution in [2.24, 2.45) is 17.8 Å². The van der Waals surface area contributed by atoms with Crippen molar-refractivity contribution in [3.63, 3.8) is 0 Å². The number of nitrogens with zero attached hydrogens (tertiary/aromatic N) is 4. The Bertz CT molecular complexity index is 3940. The van der Waals surface area contributed by atoms with Gasteiger partial charge < -0.3 is 82.6 Å². The smallest absolute Gasteiger partial charge is 0.343 e. The van der Waals surface area contributed by atoms with Crippen LogP contribution in [0.3, 0.4) is 0 Å². The quantitative estimate of drug-likeness (QED) is 0.0245.